The maximum absolute atomic E-state index is 11.5. The number of rotatable bonds is 4. The highest BCUT2D eigenvalue weighted by Crippen LogP contribution is 2.23. The number of nitrogens with one attached hydrogen (secondary N) is 1. The summed E-state index contributed by atoms with van der Waals surface area (Å²) < 4.78 is 7.09. The van der Waals surface area contributed by atoms with Crippen LogP contribution in [-0.4, -0.2) is 23.8 Å². The lowest BCUT2D eigenvalue weighted by atomic mass is 9.93. The van der Waals surface area contributed by atoms with Crippen molar-refractivity contribution in [2.24, 2.45) is 0 Å². The molecule has 4 heteroatoms. The van der Waals surface area contributed by atoms with Crippen molar-refractivity contribution in [1.82, 2.24) is 4.57 Å². The molecule has 0 radical (unpaired) electrons. The number of pyridine rings is 1. The number of anilines is 1. The van der Waals surface area contributed by atoms with Crippen LogP contribution in [0.15, 0.2) is 23.1 Å². The second-order valence-electron chi connectivity index (χ2n) is 4.90. The molecule has 18 heavy (non-hydrogen) atoms. The average Bonchev–Trinajstić information content (AvgIpc) is 2.42. The first kappa shape index (κ1) is 13.1. The lowest BCUT2D eigenvalue weighted by molar-refractivity contribution is 0.0682. The van der Waals surface area contributed by atoms with Gasteiger partial charge in [-0.2, -0.15) is 0 Å². The molecule has 0 aliphatic heterocycles. The first-order valence-corrected chi connectivity index (χ1v) is 6.72. The van der Waals surface area contributed by atoms with Gasteiger partial charge in [0.05, 0.1) is 11.8 Å². The average molecular weight is 250 g/mol. The fourth-order valence-corrected chi connectivity index (χ4v) is 2.54. The number of aryl methyl sites for hydroxylation is 1. The summed E-state index contributed by atoms with van der Waals surface area (Å²) in [5.41, 5.74) is 1.10. The molecule has 100 valence electrons. The quantitative estimate of drug-likeness (QED) is 0.891. The predicted molar refractivity (Wildman–Crippen MR) is 73.1 cm³/mol. The minimum Gasteiger partial charge on any atom is -0.381 e. The molecule has 0 aromatic carbocycles. The van der Waals surface area contributed by atoms with E-state index in [9.17, 15) is 4.79 Å². The van der Waals surface area contributed by atoms with Gasteiger partial charge < -0.3 is 14.6 Å². The molecule has 0 unspecified atom stereocenters. The lowest BCUT2D eigenvalue weighted by Crippen LogP contribution is -2.29. The zero-order valence-corrected chi connectivity index (χ0v) is 11.2. The molecule has 1 N–H and O–H groups in total. The Morgan fingerprint density at radius 3 is 2.67 bits per heavy atom. The molecule has 1 aromatic heterocycles. The Bertz CT molecular complexity index is 434. The number of nitrogens with zero attached hydrogens (tertiary/aromatic N) is 1. The molecule has 0 atom stereocenters. The summed E-state index contributed by atoms with van der Waals surface area (Å²) in [4.78, 5) is 11.5. The number of hydrogen-bond donors (Lipinski definition) is 1. The topological polar surface area (TPSA) is 43.3 Å². The molecule has 0 bridgehead atoms. The second-order valence-corrected chi connectivity index (χ2v) is 4.90. The molecule has 0 spiro atoms. The Balaban J connectivity index is 1.96. The Morgan fingerprint density at radius 2 is 2.06 bits per heavy atom. The van der Waals surface area contributed by atoms with Crippen LogP contribution in [0.5, 0.6) is 0 Å². The van der Waals surface area contributed by atoms with Gasteiger partial charge in [0.25, 0.3) is 5.56 Å². The minimum atomic E-state index is 0.0612. The second kappa shape index (κ2) is 6.05. The molecule has 2 rings (SSSR count). The zero-order valence-electron chi connectivity index (χ0n) is 11.2. The summed E-state index contributed by atoms with van der Waals surface area (Å²) in [6, 6.07) is 4.00. The number of ether oxygens (including phenoxy) is 1. The van der Waals surface area contributed by atoms with Crippen LogP contribution >= 0.6 is 0 Å². The smallest absolute Gasteiger partial charge is 0.250 e. The lowest BCUT2D eigenvalue weighted by Gasteiger charge is -2.29. The molecule has 1 aliphatic rings. The van der Waals surface area contributed by atoms with Gasteiger partial charge in [-0.15, -0.1) is 0 Å². The first-order chi connectivity index (χ1) is 8.72. The molecule has 0 amide bonds. The van der Waals surface area contributed by atoms with Crippen LogP contribution in [0.4, 0.5) is 5.69 Å². The SMILES string of the molecule is CCn1cc(NC2CCC(OC)CC2)ccc1=O. The van der Waals surface area contributed by atoms with Gasteiger partial charge in [-0.25, -0.2) is 0 Å². The first-order valence-electron chi connectivity index (χ1n) is 6.72. The Labute approximate surface area is 108 Å². The predicted octanol–water partition coefficient (Wildman–Crippen LogP) is 2.24. The van der Waals surface area contributed by atoms with Crippen LogP contribution in [0.25, 0.3) is 0 Å². The van der Waals surface area contributed by atoms with Crippen molar-refractivity contribution in [1.29, 1.82) is 0 Å². The summed E-state index contributed by atoms with van der Waals surface area (Å²) >= 11 is 0. The summed E-state index contributed by atoms with van der Waals surface area (Å²) in [6.45, 7) is 2.69. The standard InChI is InChI=1S/C14H22N2O2/c1-3-16-10-12(6-9-14(16)17)15-11-4-7-13(18-2)8-5-11/h6,9-11,13,15H,3-5,7-8H2,1-2H3. The van der Waals surface area contributed by atoms with Crippen LogP contribution in [0, 0.1) is 0 Å². The maximum Gasteiger partial charge on any atom is 0.250 e. The van der Waals surface area contributed by atoms with Gasteiger partial charge in [-0.05, 0) is 38.7 Å². The molecule has 1 heterocycles. The van der Waals surface area contributed by atoms with E-state index >= 15 is 0 Å². The van der Waals surface area contributed by atoms with Gasteiger partial charge in [-0.1, -0.05) is 0 Å². The maximum atomic E-state index is 11.5. The summed E-state index contributed by atoms with van der Waals surface area (Å²) in [5.74, 6) is 0. The molecule has 1 aromatic rings. The minimum absolute atomic E-state index is 0.0612. The highest BCUT2D eigenvalue weighted by atomic mass is 16.5. The fraction of sp³-hybridized carbons (Fsp3) is 0.643. The van der Waals surface area contributed by atoms with Crippen molar-refractivity contribution in [3.05, 3.63) is 28.7 Å². The summed E-state index contributed by atoms with van der Waals surface area (Å²) in [5, 5.41) is 3.51. The van der Waals surface area contributed by atoms with Crippen LogP contribution in [-0.2, 0) is 11.3 Å². The van der Waals surface area contributed by atoms with E-state index in [4.69, 9.17) is 4.74 Å². The van der Waals surface area contributed by atoms with Crippen molar-refractivity contribution in [2.45, 2.75) is 51.3 Å². The van der Waals surface area contributed by atoms with Gasteiger partial charge >= 0.3 is 0 Å². The summed E-state index contributed by atoms with van der Waals surface area (Å²) in [6.07, 6.45) is 6.81. The Hall–Kier alpha value is -1.29. The third kappa shape index (κ3) is 3.13. The van der Waals surface area contributed by atoms with Gasteiger partial charge in [0.1, 0.15) is 0 Å². The van der Waals surface area contributed by atoms with E-state index in [1.165, 1.54) is 0 Å². The van der Waals surface area contributed by atoms with Crippen LogP contribution in [0.3, 0.4) is 0 Å². The van der Waals surface area contributed by atoms with E-state index < -0.39 is 0 Å². The van der Waals surface area contributed by atoms with E-state index in [1.807, 2.05) is 19.2 Å². The number of hydrogen-bond acceptors (Lipinski definition) is 3. The van der Waals surface area contributed by atoms with E-state index in [1.54, 1.807) is 17.7 Å². The molecule has 1 saturated carbocycles. The van der Waals surface area contributed by atoms with Crippen LogP contribution in [0.1, 0.15) is 32.6 Å². The Kier molecular flexibility index (Phi) is 4.42. The van der Waals surface area contributed by atoms with E-state index in [0.29, 0.717) is 18.7 Å². The van der Waals surface area contributed by atoms with Gasteiger partial charge in [0.2, 0.25) is 0 Å². The van der Waals surface area contributed by atoms with E-state index in [0.717, 1.165) is 31.4 Å². The molecule has 0 saturated heterocycles. The molecule has 1 fully saturated rings. The zero-order chi connectivity index (χ0) is 13.0. The number of methoxy groups -OCH3 is 1. The Morgan fingerprint density at radius 1 is 1.33 bits per heavy atom. The van der Waals surface area contributed by atoms with Crippen LogP contribution in [0.2, 0.25) is 0 Å². The molecule has 1 aliphatic carbocycles. The van der Waals surface area contributed by atoms with Crippen LogP contribution < -0.4 is 10.9 Å². The monoisotopic (exact) mass is 250 g/mol. The summed E-state index contributed by atoms with van der Waals surface area (Å²) in [7, 11) is 1.79. The van der Waals surface area contributed by atoms with E-state index in [2.05, 4.69) is 5.32 Å². The van der Waals surface area contributed by atoms with Crippen molar-refractivity contribution >= 4 is 5.69 Å². The molecular weight excluding hydrogens is 228 g/mol. The van der Waals surface area contributed by atoms with Crippen molar-refractivity contribution < 1.29 is 4.74 Å². The third-order valence-electron chi connectivity index (χ3n) is 3.70. The fourth-order valence-electron chi connectivity index (χ4n) is 2.54. The molecule has 4 nitrogen and oxygen atoms in total. The van der Waals surface area contributed by atoms with Gasteiger partial charge in [0, 0.05) is 32.0 Å². The van der Waals surface area contributed by atoms with Crippen molar-refractivity contribution in [2.75, 3.05) is 12.4 Å². The van der Waals surface area contributed by atoms with Crippen molar-refractivity contribution in [3.63, 3.8) is 0 Å². The molecular formula is C14H22N2O2. The largest absolute Gasteiger partial charge is 0.381 e. The van der Waals surface area contributed by atoms with Crippen molar-refractivity contribution in [3.8, 4) is 0 Å². The normalized spacial score (nSPS) is 23.9. The van der Waals surface area contributed by atoms with Gasteiger partial charge in [-0.3, -0.25) is 4.79 Å². The highest BCUT2D eigenvalue weighted by Gasteiger charge is 2.20. The van der Waals surface area contributed by atoms with Gasteiger partial charge in [0.15, 0.2) is 0 Å². The highest BCUT2D eigenvalue weighted by molar-refractivity contribution is 5.41. The third-order valence-corrected chi connectivity index (χ3v) is 3.70. The van der Waals surface area contributed by atoms with E-state index in [-0.39, 0.29) is 5.56 Å². The number of aromatic nitrogens is 1.